The van der Waals surface area contributed by atoms with Crippen LogP contribution in [-0.2, 0) is 0 Å². The summed E-state index contributed by atoms with van der Waals surface area (Å²) in [6.07, 6.45) is 1.44. The summed E-state index contributed by atoms with van der Waals surface area (Å²) < 4.78 is 0. The number of piperidine rings is 1. The van der Waals surface area contributed by atoms with Crippen LogP contribution in [0, 0.1) is 11.8 Å². The van der Waals surface area contributed by atoms with Gasteiger partial charge in [0.2, 0.25) is 0 Å². The minimum atomic E-state index is 0.347. The van der Waals surface area contributed by atoms with Crippen LogP contribution in [0.25, 0.3) is 0 Å². The molecule has 2 nitrogen and oxygen atoms in total. The average Bonchev–Trinajstić information content (AvgIpc) is 2.72. The Hall–Kier alpha value is -0.0800. The van der Waals surface area contributed by atoms with E-state index < -0.39 is 0 Å². The molecule has 2 fully saturated rings. The lowest BCUT2D eigenvalue weighted by Gasteiger charge is -2.40. The first-order chi connectivity index (χ1) is 6.82. The fourth-order valence-electron chi connectivity index (χ4n) is 3.66. The van der Waals surface area contributed by atoms with Crippen molar-refractivity contribution in [3.8, 4) is 0 Å². The van der Waals surface area contributed by atoms with Crippen LogP contribution < -0.4 is 0 Å². The number of fused-ring (bicyclic) bond motifs is 1. The Balaban J connectivity index is 2.08. The van der Waals surface area contributed by atoms with Crippen LogP contribution >= 0.6 is 0 Å². The van der Waals surface area contributed by atoms with Gasteiger partial charge in [0.1, 0.15) is 0 Å². The molecule has 2 rings (SSSR count). The Morgan fingerprint density at radius 3 is 2.27 bits per heavy atom. The highest BCUT2D eigenvalue weighted by Gasteiger charge is 2.59. The van der Waals surface area contributed by atoms with E-state index in [2.05, 4.69) is 51.6 Å². The predicted molar refractivity (Wildman–Crippen MR) is 65.0 cm³/mol. The fourth-order valence-corrected chi connectivity index (χ4v) is 3.66. The van der Waals surface area contributed by atoms with Crippen LogP contribution in [0.15, 0.2) is 0 Å². The van der Waals surface area contributed by atoms with Gasteiger partial charge in [0.15, 0.2) is 0 Å². The summed E-state index contributed by atoms with van der Waals surface area (Å²) in [4.78, 5) is 5.11. The minimum absolute atomic E-state index is 0.347. The van der Waals surface area contributed by atoms with E-state index in [0.29, 0.717) is 5.54 Å². The van der Waals surface area contributed by atoms with Gasteiger partial charge in [-0.1, -0.05) is 0 Å². The van der Waals surface area contributed by atoms with E-state index in [0.717, 1.165) is 23.9 Å². The molecule has 0 spiro atoms. The van der Waals surface area contributed by atoms with Gasteiger partial charge in [-0.15, -0.1) is 0 Å². The fraction of sp³-hybridized carbons (Fsp3) is 1.00. The van der Waals surface area contributed by atoms with Gasteiger partial charge in [-0.2, -0.15) is 0 Å². The van der Waals surface area contributed by atoms with Crippen molar-refractivity contribution in [1.82, 2.24) is 9.80 Å². The Morgan fingerprint density at radius 2 is 1.87 bits per heavy atom. The van der Waals surface area contributed by atoms with Crippen molar-refractivity contribution in [1.29, 1.82) is 0 Å². The Bertz CT molecular complexity index is 241. The topological polar surface area (TPSA) is 6.48 Å². The zero-order valence-electron chi connectivity index (χ0n) is 11.1. The lowest BCUT2D eigenvalue weighted by atomic mass is 9.95. The van der Waals surface area contributed by atoms with E-state index in [4.69, 9.17) is 0 Å². The molecule has 1 saturated carbocycles. The smallest absolute Gasteiger partial charge is 0.0139 e. The van der Waals surface area contributed by atoms with Gasteiger partial charge in [-0.3, -0.25) is 4.90 Å². The molecule has 0 bridgehead atoms. The number of nitrogens with zero attached hydrogens (tertiary/aromatic N) is 2. The largest absolute Gasteiger partial charge is 0.309 e. The molecule has 1 aliphatic carbocycles. The monoisotopic (exact) mass is 210 g/mol. The molecule has 0 aromatic carbocycles. The standard InChI is InChI=1S/C13H26N2/c1-9-11(8-14(5)6)10-7-12(10)15(9)13(2,3)4/h9-12H,7-8H2,1-6H3/t9-,10?,11?,12?/m1/s1. The maximum atomic E-state index is 2.76. The third kappa shape index (κ3) is 1.94. The lowest BCUT2D eigenvalue weighted by molar-refractivity contribution is 0.0813. The van der Waals surface area contributed by atoms with Gasteiger partial charge in [0.25, 0.3) is 0 Å². The molecule has 0 aromatic heterocycles. The molecule has 1 aliphatic heterocycles. The highest BCUT2D eigenvalue weighted by atomic mass is 15.3. The van der Waals surface area contributed by atoms with E-state index in [1.807, 2.05) is 0 Å². The van der Waals surface area contributed by atoms with Gasteiger partial charge in [-0.25, -0.2) is 0 Å². The third-order valence-corrected chi connectivity index (χ3v) is 4.12. The second kappa shape index (κ2) is 3.46. The molecule has 1 heterocycles. The van der Waals surface area contributed by atoms with Crippen LogP contribution in [-0.4, -0.2) is 48.1 Å². The van der Waals surface area contributed by atoms with Crippen molar-refractivity contribution in [2.75, 3.05) is 20.6 Å². The summed E-state index contributed by atoms with van der Waals surface area (Å²) >= 11 is 0. The van der Waals surface area contributed by atoms with Crippen LogP contribution in [0.1, 0.15) is 34.1 Å². The molecule has 15 heavy (non-hydrogen) atoms. The molecule has 4 atom stereocenters. The third-order valence-electron chi connectivity index (χ3n) is 4.12. The summed E-state index contributed by atoms with van der Waals surface area (Å²) in [7, 11) is 4.40. The van der Waals surface area contributed by atoms with E-state index in [1.165, 1.54) is 13.0 Å². The highest BCUT2D eigenvalue weighted by Crippen LogP contribution is 2.54. The number of hydrogen-bond donors (Lipinski definition) is 0. The summed E-state index contributed by atoms with van der Waals surface area (Å²) in [5.41, 5.74) is 0.347. The van der Waals surface area contributed by atoms with E-state index in [1.54, 1.807) is 0 Å². The van der Waals surface area contributed by atoms with Crippen LogP contribution in [0.4, 0.5) is 0 Å². The second-order valence-corrected chi connectivity index (χ2v) is 6.71. The Labute approximate surface area is 94.6 Å². The van der Waals surface area contributed by atoms with Crippen molar-refractivity contribution in [3.05, 3.63) is 0 Å². The van der Waals surface area contributed by atoms with Gasteiger partial charge in [0.05, 0.1) is 0 Å². The van der Waals surface area contributed by atoms with Gasteiger partial charge >= 0.3 is 0 Å². The summed E-state index contributed by atoms with van der Waals surface area (Å²) in [6.45, 7) is 10.8. The van der Waals surface area contributed by atoms with Gasteiger partial charge in [-0.05, 0) is 60.0 Å². The molecule has 0 N–H and O–H groups in total. The summed E-state index contributed by atoms with van der Waals surface area (Å²) in [5.74, 6) is 1.88. The van der Waals surface area contributed by atoms with Gasteiger partial charge < -0.3 is 4.90 Å². The Kier molecular flexibility index (Phi) is 2.63. The van der Waals surface area contributed by atoms with Crippen molar-refractivity contribution >= 4 is 0 Å². The molecule has 1 saturated heterocycles. The van der Waals surface area contributed by atoms with Crippen LogP contribution in [0.2, 0.25) is 0 Å². The zero-order valence-corrected chi connectivity index (χ0v) is 11.1. The summed E-state index contributed by atoms with van der Waals surface area (Å²) in [6, 6.07) is 1.65. The number of likely N-dealkylation sites (tertiary alicyclic amines) is 1. The second-order valence-electron chi connectivity index (χ2n) is 6.71. The van der Waals surface area contributed by atoms with E-state index in [-0.39, 0.29) is 0 Å². The Morgan fingerprint density at radius 1 is 1.27 bits per heavy atom. The van der Waals surface area contributed by atoms with Crippen molar-refractivity contribution in [2.45, 2.75) is 51.7 Å². The minimum Gasteiger partial charge on any atom is -0.309 e. The van der Waals surface area contributed by atoms with Crippen molar-refractivity contribution < 1.29 is 0 Å². The molecule has 2 heteroatoms. The summed E-state index contributed by atoms with van der Waals surface area (Å²) in [5, 5.41) is 0. The van der Waals surface area contributed by atoms with Crippen LogP contribution in [0.5, 0.6) is 0 Å². The molecule has 0 aromatic rings. The first-order valence-electron chi connectivity index (χ1n) is 6.25. The molecular weight excluding hydrogens is 184 g/mol. The zero-order chi connectivity index (χ0) is 11.4. The highest BCUT2D eigenvalue weighted by molar-refractivity contribution is 5.12. The van der Waals surface area contributed by atoms with E-state index in [9.17, 15) is 0 Å². The maximum absolute atomic E-state index is 2.76. The maximum Gasteiger partial charge on any atom is 0.0139 e. The van der Waals surface area contributed by atoms with Gasteiger partial charge in [0, 0.05) is 24.2 Å². The SMILES string of the molecule is C[C@@H]1C(CN(C)C)C2CC2N1C(C)(C)C. The first kappa shape index (κ1) is 11.4. The predicted octanol–water partition coefficient (Wildman–Crippen LogP) is 2.06. The molecule has 3 unspecified atom stereocenters. The molecule has 2 aliphatic rings. The first-order valence-corrected chi connectivity index (χ1v) is 6.25. The number of hydrogen-bond acceptors (Lipinski definition) is 2. The molecule has 88 valence electrons. The van der Waals surface area contributed by atoms with Crippen molar-refractivity contribution in [3.63, 3.8) is 0 Å². The molecular formula is C13H26N2. The van der Waals surface area contributed by atoms with E-state index >= 15 is 0 Å². The number of rotatable bonds is 2. The normalized spacial score (nSPS) is 41.0. The molecule has 0 amide bonds. The lowest BCUT2D eigenvalue weighted by Crippen LogP contribution is -2.48. The molecule has 0 radical (unpaired) electrons. The quantitative estimate of drug-likeness (QED) is 0.688. The van der Waals surface area contributed by atoms with Crippen molar-refractivity contribution in [2.24, 2.45) is 11.8 Å². The van der Waals surface area contributed by atoms with Crippen LogP contribution in [0.3, 0.4) is 0 Å². The average molecular weight is 210 g/mol.